The maximum Gasteiger partial charge on any atom is 0.265 e. The smallest absolute Gasteiger partial charge is 0.265 e. The van der Waals surface area contributed by atoms with Crippen molar-refractivity contribution in [2.45, 2.75) is 24.3 Å². The molecule has 2 heterocycles. The molecule has 8 nitrogen and oxygen atoms in total. The number of carbonyl (C=O) groups is 2. The third-order valence-corrected chi connectivity index (χ3v) is 8.15. The highest BCUT2D eigenvalue weighted by atomic mass is 32.2. The molecule has 0 aliphatic carbocycles. The van der Waals surface area contributed by atoms with E-state index in [0.717, 1.165) is 18.4 Å². The minimum absolute atomic E-state index is 0.118. The Morgan fingerprint density at radius 1 is 0.972 bits per heavy atom. The lowest BCUT2D eigenvalue weighted by Crippen LogP contribution is -2.38. The molecule has 1 fully saturated rings. The number of nitrogens with one attached hydrogen (secondary N) is 1. The Hall–Kier alpha value is -3.76. The van der Waals surface area contributed by atoms with Crippen LogP contribution in [0, 0.1) is 5.82 Å². The first-order valence-electron chi connectivity index (χ1n) is 11.5. The highest BCUT2D eigenvalue weighted by Gasteiger charge is 2.28. The van der Waals surface area contributed by atoms with Crippen molar-refractivity contribution in [2.24, 2.45) is 0 Å². The van der Waals surface area contributed by atoms with E-state index in [1.54, 1.807) is 30.3 Å². The van der Waals surface area contributed by atoms with Crippen molar-refractivity contribution in [3.05, 3.63) is 83.7 Å². The van der Waals surface area contributed by atoms with E-state index in [9.17, 15) is 22.4 Å². The van der Waals surface area contributed by atoms with Crippen LogP contribution in [0.2, 0.25) is 0 Å². The van der Waals surface area contributed by atoms with E-state index in [4.69, 9.17) is 4.74 Å². The van der Waals surface area contributed by atoms with Gasteiger partial charge in [0.05, 0.1) is 17.1 Å². The number of rotatable bonds is 6. The molecule has 0 radical (unpaired) electrons. The highest BCUT2D eigenvalue weighted by molar-refractivity contribution is 7.89. The molecule has 3 aromatic carbocycles. The fourth-order valence-electron chi connectivity index (χ4n) is 4.28. The van der Waals surface area contributed by atoms with E-state index >= 15 is 0 Å². The van der Waals surface area contributed by atoms with Crippen LogP contribution in [0.1, 0.15) is 28.8 Å². The molecular formula is C26H24FN3O5S. The van der Waals surface area contributed by atoms with Gasteiger partial charge in [0.25, 0.3) is 11.8 Å². The summed E-state index contributed by atoms with van der Waals surface area (Å²) in [4.78, 5) is 27.1. The molecule has 3 aromatic rings. The number of sulfonamides is 1. The predicted molar refractivity (Wildman–Crippen MR) is 132 cm³/mol. The third-order valence-electron chi connectivity index (χ3n) is 6.23. The molecule has 0 unspecified atom stereocenters. The quantitative estimate of drug-likeness (QED) is 0.546. The van der Waals surface area contributed by atoms with Crippen LogP contribution < -0.4 is 15.0 Å². The van der Waals surface area contributed by atoms with E-state index in [0.29, 0.717) is 35.8 Å². The maximum absolute atomic E-state index is 13.3. The maximum atomic E-state index is 13.3. The second-order valence-corrected chi connectivity index (χ2v) is 10.6. The molecule has 1 N–H and O–H groups in total. The van der Waals surface area contributed by atoms with E-state index in [-0.39, 0.29) is 29.8 Å². The Morgan fingerprint density at radius 3 is 2.36 bits per heavy atom. The normalized spacial score (nSPS) is 15.9. The molecule has 2 aliphatic heterocycles. The van der Waals surface area contributed by atoms with Crippen LogP contribution in [0.5, 0.6) is 5.75 Å². The van der Waals surface area contributed by atoms with Gasteiger partial charge in [-0.15, -0.1) is 0 Å². The van der Waals surface area contributed by atoms with Gasteiger partial charge in [0, 0.05) is 24.3 Å². The molecule has 10 heteroatoms. The van der Waals surface area contributed by atoms with Gasteiger partial charge in [-0.2, -0.15) is 4.31 Å². The van der Waals surface area contributed by atoms with Gasteiger partial charge in [-0.1, -0.05) is 12.1 Å². The van der Waals surface area contributed by atoms with Crippen LogP contribution in [-0.4, -0.2) is 44.2 Å². The zero-order valence-corrected chi connectivity index (χ0v) is 20.1. The first-order chi connectivity index (χ1) is 17.3. The number of fused-ring (bicyclic) bond motifs is 1. The minimum atomic E-state index is -3.56. The SMILES string of the molecule is O=C(Nc1ccc2c(c1)N(Cc1ccc(F)cc1)C(=O)CO2)c1ccc(S(=O)(=O)N2CCCC2)cc1. The first kappa shape index (κ1) is 24.0. The lowest BCUT2D eigenvalue weighted by atomic mass is 10.1. The Labute approximate surface area is 208 Å². The van der Waals surface area contributed by atoms with Crippen molar-refractivity contribution in [2.75, 3.05) is 29.9 Å². The number of hydrogen-bond donors (Lipinski definition) is 1. The van der Waals surface area contributed by atoms with Gasteiger partial charge in [0.15, 0.2) is 6.61 Å². The number of halogens is 1. The molecule has 0 bridgehead atoms. The Balaban J connectivity index is 1.33. The Morgan fingerprint density at radius 2 is 1.67 bits per heavy atom. The fourth-order valence-corrected chi connectivity index (χ4v) is 5.80. The number of hydrogen-bond acceptors (Lipinski definition) is 5. The van der Waals surface area contributed by atoms with Crippen LogP contribution >= 0.6 is 0 Å². The van der Waals surface area contributed by atoms with Crippen LogP contribution in [0.15, 0.2) is 71.6 Å². The molecule has 5 rings (SSSR count). The van der Waals surface area contributed by atoms with Crippen molar-refractivity contribution < 1.29 is 27.1 Å². The highest BCUT2D eigenvalue weighted by Crippen LogP contribution is 2.35. The first-order valence-corrected chi connectivity index (χ1v) is 13.0. The zero-order chi connectivity index (χ0) is 25.3. The lowest BCUT2D eigenvalue weighted by molar-refractivity contribution is -0.121. The number of ether oxygens (including phenoxy) is 1. The largest absolute Gasteiger partial charge is 0.482 e. The minimum Gasteiger partial charge on any atom is -0.482 e. The summed E-state index contributed by atoms with van der Waals surface area (Å²) in [6, 6.07) is 16.7. The molecule has 2 amide bonds. The summed E-state index contributed by atoms with van der Waals surface area (Å²) in [6.07, 6.45) is 1.69. The molecule has 186 valence electrons. The van der Waals surface area contributed by atoms with Crippen LogP contribution in [0.3, 0.4) is 0 Å². The summed E-state index contributed by atoms with van der Waals surface area (Å²) < 4.78 is 45.7. The molecule has 0 spiro atoms. The summed E-state index contributed by atoms with van der Waals surface area (Å²) in [5.74, 6) is -0.552. The number of benzene rings is 3. The van der Waals surface area contributed by atoms with Gasteiger partial charge in [-0.05, 0) is 73.0 Å². The van der Waals surface area contributed by atoms with Gasteiger partial charge < -0.3 is 15.0 Å². The van der Waals surface area contributed by atoms with Crippen LogP contribution in [0.25, 0.3) is 0 Å². The van der Waals surface area contributed by atoms with Crippen molar-refractivity contribution in [1.29, 1.82) is 0 Å². The molecule has 36 heavy (non-hydrogen) atoms. The van der Waals surface area contributed by atoms with Gasteiger partial charge >= 0.3 is 0 Å². The van der Waals surface area contributed by atoms with E-state index in [2.05, 4.69) is 5.32 Å². The number of anilines is 2. The average molecular weight is 510 g/mol. The summed E-state index contributed by atoms with van der Waals surface area (Å²) >= 11 is 0. The molecule has 1 saturated heterocycles. The van der Waals surface area contributed by atoms with Crippen molar-refractivity contribution >= 4 is 33.2 Å². The van der Waals surface area contributed by atoms with Crippen molar-refractivity contribution in [3.63, 3.8) is 0 Å². The van der Waals surface area contributed by atoms with Crippen molar-refractivity contribution in [1.82, 2.24) is 4.31 Å². The number of amides is 2. The van der Waals surface area contributed by atoms with Gasteiger partial charge in [-0.25, -0.2) is 12.8 Å². The molecule has 2 aliphatic rings. The second-order valence-electron chi connectivity index (χ2n) is 8.67. The van der Waals surface area contributed by atoms with Gasteiger partial charge in [0.1, 0.15) is 11.6 Å². The van der Waals surface area contributed by atoms with Crippen molar-refractivity contribution in [3.8, 4) is 5.75 Å². The summed E-state index contributed by atoms with van der Waals surface area (Å²) in [5, 5.41) is 2.79. The standard InChI is InChI=1S/C26H24FN3O5S/c27-20-7-3-18(4-8-20)16-30-23-15-21(9-12-24(23)35-17-25(30)31)28-26(32)19-5-10-22(11-6-19)36(33,34)29-13-1-2-14-29/h3-12,15H,1-2,13-14,16-17H2,(H,28,32). The Kier molecular flexibility index (Phi) is 6.46. The van der Waals surface area contributed by atoms with Gasteiger partial charge in [0.2, 0.25) is 10.0 Å². The monoisotopic (exact) mass is 509 g/mol. The van der Waals surface area contributed by atoms with E-state index in [1.807, 2.05) is 0 Å². The predicted octanol–water partition coefficient (Wildman–Crippen LogP) is 3.79. The summed E-state index contributed by atoms with van der Waals surface area (Å²) in [7, 11) is -3.56. The van der Waals surface area contributed by atoms with Crippen LogP contribution in [0.4, 0.5) is 15.8 Å². The van der Waals surface area contributed by atoms with E-state index in [1.165, 1.54) is 45.6 Å². The third kappa shape index (κ3) is 4.82. The molecule has 0 atom stereocenters. The summed E-state index contributed by atoms with van der Waals surface area (Å²) in [5.41, 5.74) is 1.97. The zero-order valence-electron chi connectivity index (χ0n) is 19.3. The second kappa shape index (κ2) is 9.71. The lowest BCUT2D eigenvalue weighted by Gasteiger charge is -2.30. The topological polar surface area (TPSA) is 96.0 Å². The average Bonchev–Trinajstić information content (AvgIpc) is 3.43. The van der Waals surface area contributed by atoms with Crippen LogP contribution in [-0.2, 0) is 21.4 Å². The number of nitrogens with zero attached hydrogens (tertiary/aromatic N) is 2. The Bertz CT molecular complexity index is 1400. The number of carbonyl (C=O) groups excluding carboxylic acids is 2. The molecule has 0 aromatic heterocycles. The fraction of sp³-hybridized carbons (Fsp3) is 0.231. The van der Waals surface area contributed by atoms with Gasteiger partial charge in [-0.3, -0.25) is 9.59 Å². The molecular weight excluding hydrogens is 485 g/mol. The molecule has 0 saturated carbocycles. The van der Waals surface area contributed by atoms with E-state index < -0.39 is 15.9 Å². The summed E-state index contributed by atoms with van der Waals surface area (Å²) in [6.45, 7) is 1.12.